The van der Waals surface area contributed by atoms with E-state index in [-0.39, 0.29) is 24.9 Å². The minimum atomic E-state index is -0.904. The summed E-state index contributed by atoms with van der Waals surface area (Å²) in [5.41, 5.74) is 2.77. The summed E-state index contributed by atoms with van der Waals surface area (Å²) < 4.78 is 16.0. The molecule has 9 heteroatoms. The molecule has 0 aromatic heterocycles. The smallest absolute Gasteiger partial charge is 0.325 e. The number of ether oxygens (including phenoxy) is 3. The van der Waals surface area contributed by atoms with E-state index in [1.165, 1.54) is 7.11 Å². The second kappa shape index (κ2) is 9.40. The van der Waals surface area contributed by atoms with Gasteiger partial charge in [-0.15, -0.1) is 0 Å². The van der Waals surface area contributed by atoms with Crippen molar-refractivity contribution in [3.8, 4) is 17.2 Å². The Morgan fingerprint density at radius 3 is 2.48 bits per heavy atom. The summed E-state index contributed by atoms with van der Waals surface area (Å²) in [6.07, 6.45) is 1.40. The van der Waals surface area contributed by atoms with E-state index < -0.39 is 18.0 Å². The quantitative estimate of drug-likeness (QED) is 0.595. The lowest BCUT2D eigenvalue weighted by molar-refractivity contribution is -0.131. The van der Waals surface area contributed by atoms with Gasteiger partial charge in [-0.1, -0.05) is 18.2 Å². The molecule has 0 unspecified atom stereocenters. The van der Waals surface area contributed by atoms with Crippen LogP contribution in [0.2, 0.25) is 0 Å². The van der Waals surface area contributed by atoms with Crippen LogP contribution in [0.3, 0.4) is 0 Å². The van der Waals surface area contributed by atoms with Crippen molar-refractivity contribution >= 4 is 17.8 Å². The zero-order valence-electron chi connectivity index (χ0n) is 18.8. The number of amides is 4. The first-order chi connectivity index (χ1) is 15.9. The molecule has 4 amide bonds. The van der Waals surface area contributed by atoms with Crippen molar-refractivity contribution in [2.24, 2.45) is 0 Å². The number of methoxy groups -OCH3 is 3. The Morgan fingerprint density at radius 1 is 1.06 bits per heavy atom. The number of carbonyl (C=O) groups is 3. The monoisotopic (exact) mass is 453 g/mol. The topological polar surface area (TPSA) is 106 Å². The number of fused-ring (bicyclic) bond motifs is 1. The molecular formula is C24H27N3O6. The lowest BCUT2D eigenvalue weighted by Gasteiger charge is -2.17. The fourth-order valence-corrected chi connectivity index (χ4v) is 4.39. The SMILES string of the molecule is COc1ccccc1CN1C(=O)N[C@@H](CC(=O)N[C@@H]2CCc3cc(OC)c(OC)cc32)C1=O. The van der Waals surface area contributed by atoms with Crippen LogP contribution in [0.4, 0.5) is 4.79 Å². The minimum Gasteiger partial charge on any atom is -0.496 e. The maximum Gasteiger partial charge on any atom is 0.325 e. The molecule has 1 saturated heterocycles. The maximum atomic E-state index is 12.8. The zero-order chi connectivity index (χ0) is 23.5. The molecule has 1 fully saturated rings. The van der Waals surface area contributed by atoms with Crippen LogP contribution in [0.25, 0.3) is 0 Å². The highest BCUT2D eigenvalue weighted by Gasteiger charge is 2.39. The van der Waals surface area contributed by atoms with E-state index in [2.05, 4.69) is 10.6 Å². The van der Waals surface area contributed by atoms with Gasteiger partial charge in [0.05, 0.1) is 40.3 Å². The first-order valence-corrected chi connectivity index (χ1v) is 10.7. The van der Waals surface area contributed by atoms with E-state index in [4.69, 9.17) is 14.2 Å². The molecule has 1 aliphatic carbocycles. The summed E-state index contributed by atoms with van der Waals surface area (Å²) in [6, 6.07) is 9.37. The molecule has 2 N–H and O–H groups in total. The van der Waals surface area contributed by atoms with Crippen LogP contribution in [-0.4, -0.2) is 50.1 Å². The van der Waals surface area contributed by atoms with Gasteiger partial charge in [0.25, 0.3) is 5.91 Å². The minimum absolute atomic E-state index is 0.0738. The molecule has 9 nitrogen and oxygen atoms in total. The molecule has 0 radical (unpaired) electrons. The summed E-state index contributed by atoms with van der Waals surface area (Å²) in [5.74, 6) is 1.10. The van der Waals surface area contributed by atoms with E-state index in [0.29, 0.717) is 22.8 Å². The van der Waals surface area contributed by atoms with Gasteiger partial charge in [-0.05, 0) is 42.2 Å². The highest BCUT2D eigenvalue weighted by molar-refractivity contribution is 6.05. The molecule has 4 rings (SSSR count). The summed E-state index contributed by atoms with van der Waals surface area (Å²) >= 11 is 0. The molecule has 2 atom stereocenters. The first-order valence-electron chi connectivity index (χ1n) is 10.7. The molecule has 1 heterocycles. The standard InChI is InChI=1S/C24H27N3O6/c1-31-19-7-5-4-6-15(19)13-27-23(29)18(26-24(27)30)12-22(28)25-17-9-8-14-10-20(32-2)21(33-3)11-16(14)17/h4-7,10-11,17-18H,8-9,12-13H2,1-3H3,(H,25,28)(H,26,30)/t17-,18+/m1/s1. The Labute approximate surface area is 192 Å². The van der Waals surface area contributed by atoms with Crippen molar-refractivity contribution in [2.45, 2.75) is 37.9 Å². The Kier molecular flexibility index (Phi) is 6.39. The highest BCUT2D eigenvalue weighted by atomic mass is 16.5. The molecular weight excluding hydrogens is 426 g/mol. The molecule has 0 bridgehead atoms. The van der Waals surface area contributed by atoms with Crippen LogP contribution in [0.5, 0.6) is 17.2 Å². The lowest BCUT2D eigenvalue weighted by atomic mass is 10.1. The number of imide groups is 1. The van der Waals surface area contributed by atoms with E-state index in [0.717, 1.165) is 28.9 Å². The Morgan fingerprint density at radius 2 is 1.76 bits per heavy atom. The summed E-state index contributed by atoms with van der Waals surface area (Å²) in [4.78, 5) is 39.1. The van der Waals surface area contributed by atoms with Gasteiger partial charge < -0.3 is 24.8 Å². The fraction of sp³-hybridized carbons (Fsp3) is 0.375. The number of urea groups is 1. The largest absolute Gasteiger partial charge is 0.496 e. The Hall–Kier alpha value is -3.75. The molecule has 2 aliphatic rings. The summed E-state index contributed by atoms with van der Waals surface area (Å²) in [7, 11) is 4.69. The molecule has 1 aliphatic heterocycles. The number of aryl methyl sites for hydroxylation is 1. The second-order valence-electron chi connectivity index (χ2n) is 8.01. The molecule has 0 saturated carbocycles. The number of nitrogens with zero attached hydrogens (tertiary/aromatic N) is 1. The van der Waals surface area contributed by atoms with Gasteiger partial charge in [-0.25, -0.2) is 4.79 Å². The molecule has 174 valence electrons. The zero-order valence-corrected chi connectivity index (χ0v) is 18.8. The predicted octanol–water partition coefficient (Wildman–Crippen LogP) is 2.33. The Bertz CT molecular complexity index is 1090. The van der Waals surface area contributed by atoms with Crippen molar-refractivity contribution in [2.75, 3.05) is 21.3 Å². The molecule has 2 aromatic carbocycles. The first kappa shape index (κ1) is 22.4. The third-order valence-electron chi connectivity index (χ3n) is 6.08. The van der Waals surface area contributed by atoms with Gasteiger partial charge in [0.1, 0.15) is 11.8 Å². The summed E-state index contributed by atoms with van der Waals surface area (Å²) in [6.45, 7) is 0.0738. The van der Waals surface area contributed by atoms with Gasteiger partial charge in [-0.3, -0.25) is 14.5 Å². The van der Waals surface area contributed by atoms with Crippen LogP contribution in [0, 0.1) is 0 Å². The highest BCUT2D eigenvalue weighted by Crippen LogP contribution is 2.39. The number of hydrogen-bond acceptors (Lipinski definition) is 6. The number of rotatable bonds is 8. The van der Waals surface area contributed by atoms with Crippen molar-refractivity contribution in [3.63, 3.8) is 0 Å². The average Bonchev–Trinajstić information content (AvgIpc) is 3.33. The van der Waals surface area contributed by atoms with Crippen LogP contribution in [-0.2, 0) is 22.6 Å². The van der Waals surface area contributed by atoms with Gasteiger partial charge in [0, 0.05) is 5.56 Å². The van der Waals surface area contributed by atoms with Gasteiger partial charge in [-0.2, -0.15) is 0 Å². The number of para-hydroxylation sites is 1. The summed E-state index contributed by atoms with van der Waals surface area (Å²) in [5, 5.41) is 5.61. The second-order valence-corrected chi connectivity index (χ2v) is 8.01. The van der Waals surface area contributed by atoms with Crippen molar-refractivity contribution in [1.82, 2.24) is 15.5 Å². The maximum absolute atomic E-state index is 12.8. The van der Waals surface area contributed by atoms with Gasteiger partial charge in [0.15, 0.2) is 11.5 Å². The third-order valence-corrected chi connectivity index (χ3v) is 6.08. The number of nitrogens with one attached hydrogen (secondary N) is 2. The molecule has 2 aromatic rings. The fourth-order valence-electron chi connectivity index (χ4n) is 4.39. The van der Waals surface area contributed by atoms with E-state index >= 15 is 0 Å². The molecule has 33 heavy (non-hydrogen) atoms. The van der Waals surface area contributed by atoms with E-state index in [9.17, 15) is 14.4 Å². The third kappa shape index (κ3) is 4.44. The molecule has 0 spiro atoms. The normalized spacial score (nSPS) is 19.2. The van der Waals surface area contributed by atoms with Crippen LogP contribution in [0.15, 0.2) is 36.4 Å². The van der Waals surface area contributed by atoms with E-state index in [1.807, 2.05) is 24.3 Å². The predicted molar refractivity (Wildman–Crippen MR) is 119 cm³/mol. The Balaban J connectivity index is 1.40. The number of carbonyl (C=O) groups excluding carboxylic acids is 3. The number of hydrogen-bond donors (Lipinski definition) is 2. The van der Waals surface area contributed by atoms with Crippen molar-refractivity contribution in [3.05, 3.63) is 53.1 Å². The van der Waals surface area contributed by atoms with Crippen LogP contribution in [0.1, 0.15) is 35.6 Å². The average molecular weight is 453 g/mol. The van der Waals surface area contributed by atoms with Crippen molar-refractivity contribution < 1.29 is 28.6 Å². The van der Waals surface area contributed by atoms with Crippen molar-refractivity contribution in [1.29, 1.82) is 0 Å². The lowest BCUT2D eigenvalue weighted by Crippen LogP contribution is -2.37. The van der Waals surface area contributed by atoms with Crippen LogP contribution >= 0.6 is 0 Å². The van der Waals surface area contributed by atoms with Crippen LogP contribution < -0.4 is 24.8 Å². The van der Waals surface area contributed by atoms with Gasteiger partial charge >= 0.3 is 6.03 Å². The van der Waals surface area contributed by atoms with Gasteiger partial charge in [0.2, 0.25) is 5.91 Å². The van der Waals surface area contributed by atoms with E-state index in [1.54, 1.807) is 26.4 Å². The number of benzene rings is 2.